The fourth-order valence-corrected chi connectivity index (χ4v) is 2.66. The number of imide groups is 2. The van der Waals surface area contributed by atoms with Crippen LogP contribution < -0.4 is 0 Å². The van der Waals surface area contributed by atoms with Crippen molar-refractivity contribution in [3.63, 3.8) is 0 Å². The van der Waals surface area contributed by atoms with E-state index in [1.807, 2.05) is 0 Å². The maximum atomic E-state index is 12.4. The number of carbonyl (C=O) groups excluding carboxylic acids is 4. The Kier molecular flexibility index (Phi) is 4.36. The standard InChI is InChI=1S/C13H16F3N3O4/c1-7(2)5-18-10(21)11(22)19(12(18)23)8-3-4-17(9(8)20)6-13(14,15)16/h7-8H,3-6H2,1-2H3/t8-/m0/s1. The van der Waals surface area contributed by atoms with Gasteiger partial charge in [-0.25, -0.2) is 9.69 Å². The summed E-state index contributed by atoms with van der Waals surface area (Å²) in [5.74, 6) is -3.27. The Labute approximate surface area is 130 Å². The lowest BCUT2D eigenvalue weighted by atomic mass is 10.2. The molecule has 10 heteroatoms. The third-order valence-corrected chi connectivity index (χ3v) is 3.58. The van der Waals surface area contributed by atoms with Crippen LogP contribution in [0.1, 0.15) is 20.3 Å². The van der Waals surface area contributed by atoms with Crippen LogP contribution in [-0.2, 0) is 14.4 Å². The molecule has 2 aliphatic rings. The van der Waals surface area contributed by atoms with Crippen LogP contribution in [-0.4, -0.2) is 70.3 Å². The second kappa shape index (κ2) is 5.82. The lowest BCUT2D eigenvalue weighted by Crippen LogP contribution is -2.47. The van der Waals surface area contributed by atoms with Gasteiger partial charge in [-0.3, -0.25) is 19.3 Å². The van der Waals surface area contributed by atoms with Crippen molar-refractivity contribution < 1.29 is 32.3 Å². The number of halogens is 3. The number of urea groups is 1. The summed E-state index contributed by atoms with van der Waals surface area (Å²) < 4.78 is 37.2. The van der Waals surface area contributed by atoms with Gasteiger partial charge in [-0.2, -0.15) is 13.2 Å². The van der Waals surface area contributed by atoms with Gasteiger partial charge in [0.15, 0.2) is 0 Å². The highest BCUT2D eigenvalue weighted by Crippen LogP contribution is 2.26. The molecule has 0 saturated carbocycles. The summed E-state index contributed by atoms with van der Waals surface area (Å²) >= 11 is 0. The predicted octanol–water partition coefficient (Wildman–Crippen LogP) is 0.596. The molecule has 2 heterocycles. The van der Waals surface area contributed by atoms with Crippen molar-refractivity contribution in [2.45, 2.75) is 32.5 Å². The van der Waals surface area contributed by atoms with Gasteiger partial charge < -0.3 is 4.90 Å². The molecule has 0 N–H and O–H groups in total. The molecule has 1 atom stereocenters. The molecule has 2 saturated heterocycles. The minimum absolute atomic E-state index is 0.00703. The SMILES string of the molecule is CC(C)CN1C(=O)C(=O)N([C@H]2CCN(CC(F)(F)F)C2=O)C1=O. The van der Waals surface area contributed by atoms with E-state index in [1.54, 1.807) is 13.8 Å². The molecule has 0 radical (unpaired) electrons. The average Bonchev–Trinajstić information content (AvgIpc) is 2.83. The van der Waals surface area contributed by atoms with E-state index in [0.29, 0.717) is 9.80 Å². The van der Waals surface area contributed by atoms with Crippen molar-refractivity contribution >= 4 is 23.8 Å². The predicted molar refractivity (Wildman–Crippen MR) is 69.8 cm³/mol. The molecular weight excluding hydrogens is 319 g/mol. The van der Waals surface area contributed by atoms with Crippen molar-refractivity contribution in [2.75, 3.05) is 19.6 Å². The third kappa shape index (κ3) is 3.30. The van der Waals surface area contributed by atoms with Crippen LogP contribution in [0, 0.1) is 5.92 Å². The zero-order valence-electron chi connectivity index (χ0n) is 12.6. The Hall–Kier alpha value is -2.13. The molecule has 2 fully saturated rings. The summed E-state index contributed by atoms with van der Waals surface area (Å²) in [6, 6.07) is -2.29. The van der Waals surface area contributed by atoms with Gasteiger partial charge in [0, 0.05) is 13.1 Å². The summed E-state index contributed by atoms with van der Waals surface area (Å²) in [5.41, 5.74) is 0. The maximum Gasteiger partial charge on any atom is 0.406 e. The van der Waals surface area contributed by atoms with E-state index in [-0.39, 0.29) is 25.4 Å². The van der Waals surface area contributed by atoms with Crippen LogP contribution in [0.25, 0.3) is 0 Å². The number of hydrogen-bond donors (Lipinski definition) is 0. The number of rotatable bonds is 4. The van der Waals surface area contributed by atoms with Crippen molar-refractivity contribution in [3.05, 3.63) is 0 Å². The zero-order valence-corrected chi connectivity index (χ0v) is 12.6. The van der Waals surface area contributed by atoms with E-state index >= 15 is 0 Å². The Morgan fingerprint density at radius 1 is 1.13 bits per heavy atom. The highest BCUT2D eigenvalue weighted by molar-refractivity contribution is 6.45. The van der Waals surface area contributed by atoms with E-state index < -0.39 is 42.5 Å². The van der Waals surface area contributed by atoms with Gasteiger partial charge in [0.25, 0.3) is 0 Å². The number of hydrogen-bond acceptors (Lipinski definition) is 4. The fraction of sp³-hybridized carbons (Fsp3) is 0.692. The summed E-state index contributed by atoms with van der Waals surface area (Å²) in [5, 5.41) is 0. The second-order valence-corrected chi connectivity index (χ2v) is 5.95. The molecule has 23 heavy (non-hydrogen) atoms. The first-order chi connectivity index (χ1) is 10.5. The molecule has 0 unspecified atom stereocenters. The first kappa shape index (κ1) is 17.2. The number of alkyl halides is 3. The highest BCUT2D eigenvalue weighted by Gasteiger charge is 2.52. The van der Waals surface area contributed by atoms with E-state index in [9.17, 15) is 32.3 Å². The molecule has 2 aliphatic heterocycles. The molecule has 0 aromatic carbocycles. The van der Waals surface area contributed by atoms with Crippen LogP contribution in [0.5, 0.6) is 0 Å². The van der Waals surface area contributed by atoms with Gasteiger partial charge >= 0.3 is 24.0 Å². The van der Waals surface area contributed by atoms with Gasteiger partial charge in [-0.1, -0.05) is 13.8 Å². The highest BCUT2D eigenvalue weighted by atomic mass is 19.4. The number of likely N-dealkylation sites (tertiary alicyclic amines) is 1. The first-order valence-corrected chi connectivity index (χ1v) is 7.07. The Balaban J connectivity index is 2.16. The monoisotopic (exact) mass is 335 g/mol. The zero-order chi connectivity index (χ0) is 17.5. The third-order valence-electron chi connectivity index (χ3n) is 3.58. The second-order valence-electron chi connectivity index (χ2n) is 5.95. The minimum Gasteiger partial charge on any atom is -0.332 e. The molecule has 0 aromatic rings. The minimum atomic E-state index is -4.57. The summed E-state index contributed by atoms with van der Waals surface area (Å²) in [6.07, 6.45) is -4.68. The van der Waals surface area contributed by atoms with E-state index in [1.165, 1.54) is 0 Å². The smallest absolute Gasteiger partial charge is 0.332 e. The molecule has 2 rings (SSSR count). The summed E-state index contributed by atoms with van der Waals surface area (Å²) in [6.45, 7) is 1.81. The van der Waals surface area contributed by atoms with Gasteiger partial charge in [0.2, 0.25) is 5.91 Å². The molecule has 0 bridgehead atoms. The largest absolute Gasteiger partial charge is 0.406 e. The van der Waals surface area contributed by atoms with Crippen molar-refractivity contribution in [3.8, 4) is 0 Å². The topological polar surface area (TPSA) is 78.0 Å². The molecule has 5 amide bonds. The van der Waals surface area contributed by atoms with E-state index in [2.05, 4.69) is 0 Å². The summed E-state index contributed by atoms with van der Waals surface area (Å²) in [7, 11) is 0. The maximum absolute atomic E-state index is 12.4. The molecule has 0 aliphatic carbocycles. The molecular formula is C13H16F3N3O4. The Morgan fingerprint density at radius 2 is 1.74 bits per heavy atom. The Morgan fingerprint density at radius 3 is 2.26 bits per heavy atom. The molecule has 0 aromatic heterocycles. The van der Waals surface area contributed by atoms with Crippen molar-refractivity contribution in [2.24, 2.45) is 5.92 Å². The fourth-order valence-electron chi connectivity index (χ4n) is 2.66. The van der Waals surface area contributed by atoms with Crippen LogP contribution >= 0.6 is 0 Å². The van der Waals surface area contributed by atoms with Crippen LogP contribution in [0.4, 0.5) is 18.0 Å². The van der Waals surface area contributed by atoms with E-state index in [4.69, 9.17) is 0 Å². The number of nitrogens with zero attached hydrogens (tertiary/aromatic N) is 3. The lowest BCUT2D eigenvalue weighted by molar-refractivity contribution is -0.159. The summed E-state index contributed by atoms with van der Waals surface area (Å²) in [4.78, 5) is 49.8. The molecule has 0 spiro atoms. The quantitative estimate of drug-likeness (QED) is 0.557. The average molecular weight is 335 g/mol. The van der Waals surface area contributed by atoms with Gasteiger partial charge in [-0.15, -0.1) is 0 Å². The lowest BCUT2D eigenvalue weighted by Gasteiger charge is -2.22. The van der Waals surface area contributed by atoms with Gasteiger partial charge in [-0.05, 0) is 12.3 Å². The number of carbonyl (C=O) groups is 4. The van der Waals surface area contributed by atoms with Crippen LogP contribution in [0.3, 0.4) is 0 Å². The van der Waals surface area contributed by atoms with Gasteiger partial charge in [0.05, 0.1) is 0 Å². The molecule has 128 valence electrons. The normalized spacial score (nSPS) is 23.0. The van der Waals surface area contributed by atoms with E-state index in [0.717, 1.165) is 4.90 Å². The molecule has 7 nitrogen and oxygen atoms in total. The Bertz CT molecular complexity index is 561. The number of amides is 5. The van der Waals surface area contributed by atoms with Crippen molar-refractivity contribution in [1.29, 1.82) is 0 Å². The van der Waals surface area contributed by atoms with Gasteiger partial charge in [0.1, 0.15) is 12.6 Å². The van der Waals surface area contributed by atoms with Crippen LogP contribution in [0.15, 0.2) is 0 Å². The first-order valence-electron chi connectivity index (χ1n) is 7.07. The van der Waals surface area contributed by atoms with Crippen LogP contribution in [0.2, 0.25) is 0 Å². The van der Waals surface area contributed by atoms with Crippen molar-refractivity contribution in [1.82, 2.24) is 14.7 Å².